The number of likely N-dealkylation sites (tertiary alicyclic amines) is 1. The molecule has 2 aromatic heterocycles. The Labute approximate surface area is 158 Å². The molecule has 1 aromatic carbocycles. The predicted molar refractivity (Wildman–Crippen MR) is 106 cm³/mol. The van der Waals surface area contributed by atoms with E-state index >= 15 is 0 Å². The molecule has 136 valence electrons. The van der Waals surface area contributed by atoms with E-state index in [0.717, 1.165) is 36.7 Å². The van der Waals surface area contributed by atoms with Crippen molar-refractivity contribution >= 4 is 11.3 Å². The van der Waals surface area contributed by atoms with Gasteiger partial charge in [0, 0.05) is 11.4 Å². The highest BCUT2D eigenvalue weighted by Crippen LogP contribution is 2.31. The standard InChI is InChI=1S/C21H25N3OS/c1-16-11-12-19(26-16)21-23-22-20(25-21)18-10-6-14-24(15-18)13-5-9-17-7-3-2-4-8-17/h2-4,7-8,11-12,18H,5-6,9-10,13-15H2,1H3/t18-/m1/s1. The lowest BCUT2D eigenvalue weighted by atomic mass is 9.97. The summed E-state index contributed by atoms with van der Waals surface area (Å²) in [6.45, 7) is 5.44. The Morgan fingerprint density at radius 2 is 2.04 bits per heavy atom. The number of aromatic nitrogens is 2. The summed E-state index contributed by atoms with van der Waals surface area (Å²) in [5, 5.41) is 8.63. The third kappa shape index (κ3) is 4.22. The summed E-state index contributed by atoms with van der Waals surface area (Å²) in [5.74, 6) is 1.83. The number of rotatable bonds is 6. The molecule has 0 amide bonds. The average molecular weight is 368 g/mol. The van der Waals surface area contributed by atoms with Crippen molar-refractivity contribution in [3.05, 3.63) is 58.8 Å². The normalized spacial score (nSPS) is 18.3. The first-order valence-corrected chi connectivity index (χ1v) is 10.3. The maximum absolute atomic E-state index is 6.01. The lowest BCUT2D eigenvalue weighted by Crippen LogP contribution is -2.35. The number of benzene rings is 1. The van der Waals surface area contributed by atoms with Gasteiger partial charge in [-0.25, -0.2) is 0 Å². The zero-order valence-electron chi connectivity index (χ0n) is 15.2. The van der Waals surface area contributed by atoms with Gasteiger partial charge in [-0.15, -0.1) is 21.5 Å². The Bertz CT molecular complexity index is 827. The van der Waals surface area contributed by atoms with Crippen molar-refractivity contribution in [3.8, 4) is 10.8 Å². The number of nitrogens with zero attached hydrogens (tertiary/aromatic N) is 3. The van der Waals surface area contributed by atoms with Gasteiger partial charge in [-0.05, 0) is 63.4 Å². The lowest BCUT2D eigenvalue weighted by molar-refractivity contribution is 0.192. The van der Waals surface area contributed by atoms with Gasteiger partial charge in [0.2, 0.25) is 5.89 Å². The summed E-state index contributed by atoms with van der Waals surface area (Å²) in [4.78, 5) is 4.88. The Morgan fingerprint density at radius 3 is 2.85 bits per heavy atom. The second kappa shape index (κ2) is 8.14. The van der Waals surface area contributed by atoms with Gasteiger partial charge in [0.15, 0.2) is 0 Å². The molecule has 4 rings (SSSR count). The molecule has 5 heteroatoms. The minimum atomic E-state index is 0.364. The molecular formula is C21H25N3OS. The maximum atomic E-state index is 6.01. The highest BCUT2D eigenvalue weighted by molar-refractivity contribution is 7.15. The van der Waals surface area contributed by atoms with Gasteiger partial charge in [0.25, 0.3) is 5.89 Å². The van der Waals surface area contributed by atoms with Crippen LogP contribution in [0, 0.1) is 6.92 Å². The SMILES string of the molecule is Cc1ccc(-c2nnc([C@@H]3CCCN(CCCc4ccccc4)C3)o2)s1. The first-order chi connectivity index (χ1) is 12.8. The maximum Gasteiger partial charge on any atom is 0.257 e. The van der Waals surface area contributed by atoms with Crippen LogP contribution < -0.4 is 0 Å². The predicted octanol–water partition coefficient (Wildman–Crippen LogP) is 4.92. The van der Waals surface area contributed by atoms with Crippen LogP contribution in [-0.2, 0) is 6.42 Å². The monoisotopic (exact) mass is 367 g/mol. The minimum absolute atomic E-state index is 0.364. The molecule has 1 atom stereocenters. The Morgan fingerprint density at radius 1 is 1.15 bits per heavy atom. The molecule has 1 aliphatic rings. The molecule has 0 radical (unpaired) electrons. The highest BCUT2D eigenvalue weighted by atomic mass is 32.1. The number of hydrogen-bond donors (Lipinski definition) is 0. The number of piperidine rings is 1. The van der Waals surface area contributed by atoms with Gasteiger partial charge in [-0.3, -0.25) is 0 Å². The van der Waals surface area contributed by atoms with Crippen molar-refractivity contribution in [1.82, 2.24) is 15.1 Å². The number of aryl methyl sites for hydroxylation is 2. The summed E-state index contributed by atoms with van der Waals surface area (Å²) >= 11 is 1.70. The molecule has 3 heterocycles. The van der Waals surface area contributed by atoms with Crippen LogP contribution in [-0.4, -0.2) is 34.7 Å². The fourth-order valence-corrected chi connectivity index (χ4v) is 4.45. The molecule has 0 unspecified atom stereocenters. The summed E-state index contributed by atoms with van der Waals surface area (Å²) < 4.78 is 6.01. The first-order valence-electron chi connectivity index (χ1n) is 9.44. The molecule has 1 fully saturated rings. The smallest absolute Gasteiger partial charge is 0.257 e. The molecular weight excluding hydrogens is 342 g/mol. The van der Waals surface area contributed by atoms with E-state index in [9.17, 15) is 0 Å². The molecule has 0 saturated carbocycles. The summed E-state index contributed by atoms with van der Waals surface area (Å²) in [6.07, 6.45) is 4.68. The quantitative estimate of drug-likeness (QED) is 0.620. The van der Waals surface area contributed by atoms with Gasteiger partial charge in [0.05, 0.1) is 10.8 Å². The van der Waals surface area contributed by atoms with Gasteiger partial charge in [-0.1, -0.05) is 30.3 Å². The van der Waals surface area contributed by atoms with Crippen molar-refractivity contribution in [2.75, 3.05) is 19.6 Å². The third-order valence-electron chi connectivity index (χ3n) is 5.03. The molecule has 0 spiro atoms. The summed E-state index contributed by atoms with van der Waals surface area (Å²) in [7, 11) is 0. The van der Waals surface area contributed by atoms with Gasteiger partial charge in [-0.2, -0.15) is 0 Å². The van der Waals surface area contributed by atoms with E-state index in [-0.39, 0.29) is 0 Å². The molecule has 1 aliphatic heterocycles. The van der Waals surface area contributed by atoms with Gasteiger partial charge >= 0.3 is 0 Å². The fourth-order valence-electron chi connectivity index (χ4n) is 3.66. The van der Waals surface area contributed by atoms with Crippen LogP contribution in [0.1, 0.15) is 41.5 Å². The van der Waals surface area contributed by atoms with E-state index in [1.54, 1.807) is 11.3 Å². The second-order valence-corrected chi connectivity index (χ2v) is 8.37. The van der Waals surface area contributed by atoms with Crippen molar-refractivity contribution in [1.29, 1.82) is 0 Å². The van der Waals surface area contributed by atoms with Gasteiger partial charge < -0.3 is 9.32 Å². The Balaban J connectivity index is 1.33. The lowest BCUT2D eigenvalue weighted by Gasteiger charge is -2.30. The molecule has 3 aromatic rings. The van der Waals surface area contributed by atoms with E-state index in [2.05, 4.69) is 64.5 Å². The number of hydrogen-bond acceptors (Lipinski definition) is 5. The van der Waals surface area contributed by atoms with E-state index in [4.69, 9.17) is 4.42 Å². The highest BCUT2D eigenvalue weighted by Gasteiger charge is 2.26. The molecule has 1 saturated heterocycles. The van der Waals surface area contributed by atoms with Crippen molar-refractivity contribution in [2.45, 2.75) is 38.5 Å². The molecule has 0 bridgehead atoms. The van der Waals surface area contributed by atoms with E-state index in [1.165, 1.54) is 29.8 Å². The van der Waals surface area contributed by atoms with Crippen molar-refractivity contribution in [3.63, 3.8) is 0 Å². The van der Waals surface area contributed by atoms with E-state index in [0.29, 0.717) is 11.8 Å². The molecule has 0 N–H and O–H groups in total. The van der Waals surface area contributed by atoms with E-state index < -0.39 is 0 Å². The molecule has 4 nitrogen and oxygen atoms in total. The van der Waals surface area contributed by atoms with E-state index in [1.807, 2.05) is 0 Å². The van der Waals surface area contributed by atoms with Crippen LogP contribution in [0.2, 0.25) is 0 Å². The fraction of sp³-hybridized carbons (Fsp3) is 0.429. The Kier molecular flexibility index (Phi) is 5.46. The zero-order chi connectivity index (χ0) is 17.8. The van der Waals surface area contributed by atoms with Crippen molar-refractivity contribution < 1.29 is 4.42 Å². The van der Waals surface area contributed by atoms with Crippen LogP contribution in [0.25, 0.3) is 10.8 Å². The van der Waals surface area contributed by atoms with Crippen molar-refractivity contribution in [2.24, 2.45) is 0 Å². The average Bonchev–Trinajstić information content (AvgIpc) is 3.32. The van der Waals surface area contributed by atoms with Crippen LogP contribution >= 0.6 is 11.3 Å². The minimum Gasteiger partial charge on any atom is -0.420 e. The largest absolute Gasteiger partial charge is 0.420 e. The topological polar surface area (TPSA) is 42.2 Å². The van der Waals surface area contributed by atoms with Gasteiger partial charge in [0.1, 0.15) is 0 Å². The van der Waals surface area contributed by atoms with Crippen LogP contribution in [0.3, 0.4) is 0 Å². The van der Waals surface area contributed by atoms with Crippen LogP contribution in [0.15, 0.2) is 46.9 Å². The Hall–Kier alpha value is -1.98. The molecule has 26 heavy (non-hydrogen) atoms. The third-order valence-corrected chi connectivity index (χ3v) is 6.02. The zero-order valence-corrected chi connectivity index (χ0v) is 16.0. The number of thiophene rings is 1. The summed E-state index contributed by atoms with van der Waals surface area (Å²) in [5.41, 5.74) is 1.42. The van der Waals surface area contributed by atoms with Crippen LogP contribution in [0.4, 0.5) is 0 Å². The molecule has 0 aliphatic carbocycles. The van der Waals surface area contributed by atoms with Crippen LogP contribution in [0.5, 0.6) is 0 Å². The first kappa shape index (κ1) is 17.4. The second-order valence-electron chi connectivity index (χ2n) is 7.08. The summed E-state index contributed by atoms with van der Waals surface area (Å²) in [6, 6.07) is 14.9.